The van der Waals surface area contributed by atoms with E-state index in [0.29, 0.717) is 30.8 Å². The molecule has 1 saturated carbocycles. The molecule has 0 radical (unpaired) electrons. The number of aliphatic hydroxyl groups is 2. The van der Waals surface area contributed by atoms with Crippen LogP contribution in [-0.2, 0) is 16.0 Å². The number of rotatable bonds is 6. The third-order valence-electron chi connectivity index (χ3n) is 7.67. The summed E-state index contributed by atoms with van der Waals surface area (Å²) in [6.45, 7) is 14.0. The monoisotopic (exact) mass is 479 g/mol. The molecule has 2 aliphatic rings. The number of carbonyl (C=O) groups is 2. The number of thiazole rings is 1. The minimum Gasteiger partial charge on any atom is -0.396 e. The normalized spacial score (nSPS) is 31.6. The van der Waals surface area contributed by atoms with Crippen LogP contribution in [0.15, 0.2) is 0 Å². The van der Waals surface area contributed by atoms with Crippen LogP contribution in [0.4, 0.5) is 5.13 Å². The summed E-state index contributed by atoms with van der Waals surface area (Å²) in [7, 11) is 0. The van der Waals surface area contributed by atoms with Crippen molar-refractivity contribution in [2.75, 3.05) is 11.9 Å². The highest BCUT2D eigenvalue weighted by molar-refractivity contribution is 7.15. The van der Waals surface area contributed by atoms with Gasteiger partial charge in [0.2, 0.25) is 11.8 Å². The summed E-state index contributed by atoms with van der Waals surface area (Å²) in [4.78, 5) is 31.3. The molecule has 0 saturated heterocycles. The van der Waals surface area contributed by atoms with E-state index in [1.807, 2.05) is 41.5 Å². The Hall–Kier alpha value is -1.51. The Bertz CT molecular complexity index is 893. The third kappa shape index (κ3) is 5.28. The van der Waals surface area contributed by atoms with Crippen LogP contribution in [0.25, 0.3) is 0 Å². The number of anilines is 1. The first-order valence-corrected chi connectivity index (χ1v) is 12.9. The molecule has 186 valence electrons. The Kier molecular flexibility index (Phi) is 7.33. The van der Waals surface area contributed by atoms with E-state index in [-0.39, 0.29) is 47.1 Å². The maximum Gasteiger partial charge on any atom is 0.226 e. The fourth-order valence-electron chi connectivity index (χ4n) is 5.91. The van der Waals surface area contributed by atoms with E-state index in [1.54, 1.807) is 0 Å². The molecule has 0 aliphatic heterocycles. The van der Waals surface area contributed by atoms with E-state index in [4.69, 9.17) is 4.98 Å². The van der Waals surface area contributed by atoms with Crippen molar-refractivity contribution in [1.82, 2.24) is 10.3 Å². The molecule has 4 N–H and O–H groups in total. The van der Waals surface area contributed by atoms with Crippen molar-refractivity contribution in [2.24, 2.45) is 22.2 Å². The first-order valence-electron chi connectivity index (χ1n) is 12.1. The van der Waals surface area contributed by atoms with Gasteiger partial charge >= 0.3 is 0 Å². The molecule has 8 heteroatoms. The van der Waals surface area contributed by atoms with Crippen LogP contribution in [0, 0.1) is 22.2 Å². The van der Waals surface area contributed by atoms with Gasteiger partial charge in [-0.25, -0.2) is 4.98 Å². The van der Waals surface area contributed by atoms with Crippen molar-refractivity contribution >= 4 is 28.3 Å². The number of carbonyl (C=O) groups excluding carboxylic acids is 2. The van der Waals surface area contributed by atoms with E-state index in [0.717, 1.165) is 17.0 Å². The zero-order valence-electron chi connectivity index (χ0n) is 21.1. The SMILES string of the molecule is CC(C)NC(=O)CC1c2nc(NC(=O)CC(C)(C)C)sc2CC2C(C)(CO)C(O)CCC12C. The minimum atomic E-state index is -0.656. The van der Waals surface area contributed by atoms with Gasteiger partial charge in [-0.1, -0.05) is 34.6 Å². The quantitative estimate of drug-likeness (QED) is 0.495. The van der Waals surface area contributed by atoms with Crippen molar-refractivity contribution in [3.8, 4) is 0 Å². The van der Waals surface area contributed by atoms with Crippen molar-refractivity contribution in [3.63, 3.8) is 0 Å². The number of nitrogens with one attached hydrogen (secondary N) is 2. The van der Waals surface area contributed by atoms with Gasteiger partial charge < -0.3 is 20.8 Å². The van der Waals surface area contributed by atoms with Crippen LogP contribution < -0.4 is 10.6 Å². The van der Waals surface area contributed by atoms with Crippen molar-refractivity contribution in [2.45, 2.75) is 98.6 Å². The van der Waals surface area contributed by atoms with Crippen molar-refractivity contribution in [3.05, 3.63) is 10.6 Å². The highest BCUT2D eigenvalue weighted by Gasteiger charge is 2.59. The van der Waals surface area contributed by atoms with Crippen molar-refractivity contribution in [1.29, 1.82) is 0 Å². The molecule has 1 aromatic heterocycles. The molecule has 1 aromatic rings. The lowest BCUT2D eigenvalue weighted by molar-refractivity contribution is -0.144. The Balaban J connectivity index is 2.00. The Morgan fingerprint density at radius 3 is 2.48 bits per heavy atom. The summed E-state index contributed by atoms with van der Waals surface area (Å²) >= 11 is 1.46. The summed E-state index contributed by atoms with van der Waals surface area (Å²) in [5.41, 5.74) is -0.184. The minimum absolute atomic E-state index is 0.00155. The van der Waals surface area contributed by atoms with Crippen LogP contribution in [-0.4, -0.2) is 45.8 Å². The first kappa shape index (κ1) is 26.1. The molecule has 2 aliphatic carbocycles. The van der Waals surface area contributed by atoms with Crippen LogP contribution >= 0.6 is 11.3 Å². The predicted octanol–water partition coefficient (Wildman–Crippen LogP) is 3.85. The molecular weight excluding hydrogens is 438 g/mol. The van der Waals surface area contributed by atoms with Gasteiger partial charge in [0.15, 0.2) is 5.13 Å². The third-order valence-corrected chi connectivity index (χ3v) is 8.68. The fourth-order valence-corrected chi connectivity index (χ4v) is 7.00. The van der Waals surface area contributed by atoms with Crippen LogP contribution in [0.3, 0.4) is 0 Å². The van der Waals surface area contributed by atoms with Gasteiger partial charge in [-0.05, 0) is 49.9 Å². The summed E-state index contributed by atoms with van der Waals surface area (Å²) in [6.07, 6.45) is 2.13. The molecule has 2 amide bonds. The number of amides is 2. The number of nitrogens with zero attached hydrogens (tertiary/aromatic N) is 1. The predicted molar refractivity (Wildman–Crippen MR) is 131 cm³/mol. The maximum absolute atomic E-state index is 12.9. The van der Waals surface area contributed by atoms with E-state index in [1.165, 1.54) is 11.3 Å². The van der Waals surface area contributed by atoms with Crippen LogP contribution in [0.5, 0.6) is 0 Å². The number of aliphatic hydroxyl groups excluding tert-OH is 2. The van der Waals surface area contributed by atoms with E-state index < -0.39 is 11.5 Å². The molecule has 1 fully saturated rings. The number of fused-ring (bicyclic) bond motifs is 2. The Labute approximate surface area is 201 Å². The molecular formula is C25H41N3O4S. The Morgan fingerprint density at radius 1 is 1.24 bits per heavy atom. The van der Waals surface area contributed by atoms with Gasteiger partial charge in [0.1, 0.15) is 0 Å². The van der Waals surface area contributed by atoms with E-state index in [9.17, 15) is 19.8 Å². The molecule has 1 heterocycles. The summed E-state index contributed by atoms with van der Waals surface area (Å²) in [5.74, 6) is -0.234. The fraction of sp³-hybridized carbons (Fsp3) is 0.800. The Morgan fingerprint density at radius 2 is 1.91 bits per heavy atom. The zero-order chi connectivity index (χ0) is 24.8. The molecule has 3 rings (SSSR count). The lowest BCUT2D eigenvalue weighted by Crippen LogP contribution is -2.57. The number of hydrogen-bond acceptors (Lipinski definition) is 6. The molecule has 0 spiro atoms. The van der Waals surface area contributed by atoms with Gasteiger partial charge in [-0.2, -0.15) is 0 Å². The first-order chi connectivity index (χ1) is 15.2. The highest BCUT2D eigenvalue weighted by Crippen LogP contribution is 2.62. The highest BCUT2D eigenvalue weighted by atomic mass is 32.1. The zero-order valence-corrected chi connectivity index (χ0v) is 21.9. The molecule has 7 nitrogen and oxygen atoms in total. The van der Waals surface area contributed by atoms with E-state index >= 15 is 0 Å². The maximum atomic E-state index is 12.9. The molecule has 0 bridgehead atoms. The van der Waals surface area contributed by atoms with Gasteiger partial charge in [-0.15, -0.1) is 11.3 Å². The van der Waals surface area contributed by atoms with Gasteiger partial charge in [0, 0.05) is 35.1 Å². The van der Waals surface area contributed by atoms with Crippen LogP contribution in [0.1, 0.15) is 90.6 Å². The largest absolute Gasteiger partial charge is 0.396 e. The summed E-state index contributed by atoms with van der Waals surface area (Å²) < 4.78 is 0. The molecule has 33 heavy (non-hydrogen) atoms. The second-order valence-electron chi connectivity index (χ2n) is 12.1. The average molecular weight is 480 g/mol. The van der Waals surface area contributed by atoms with Gasteiger partial charge in [0.25, 0.3) is 0 Å². The van der Waals surface area contributed by atoms with E-state index in [2.05, 4.69) is 17.6 Å². The second kappa shape index (κ2) is 9.27. The smallest absolute Gasteiger partial charge is 0.226 e. The van der Waals surface area contributed by atoms with Crippen LogP contribution in [0.2, 0.25) is 0 Å². The molecule has 0 aromatic carbocycles. The lowest BCUT2D eigenvalue weighted by Gasteiger charge is -2.58. The standard InChI is InChI=1S/C25H41N3O4S/c1-14(2)26-19(31)10-15-21-16(33-22(28-21)27-20(32)12-23(3,4)5)11-17-24(15,6)9-8-18(30)25(17,7)13-29/h14-15,17-18,29-30H,8-13H2,1-7H3,(H,26,31)(H,27,28,32). The van der Waals surface area contributed by atoms with Crippen molar-refractivity contribution < 1.29 is 19.8 Å². The lowest BCUT2D eigenvalue weighted by atomic mass is 9.47. The number of aromatic nitrogens is 1. The number of hydrogen-bond donors (Lipinski definition) is 4. The second-order valence-corrected chi connectivity index (χ2v) is 13.2. The summed E-state index contributed by atoms with van der Waals surface area (Å²) in [6, 6.07) is 0.0442. The average Bonchev–Trinajstić information content (AvgIpc) is 3.06. The molecule has 5 atom stereocenters. The molecule has 5 unspecified atom stereocenters. The topological polar surface area (TPSA) is 112 Å². The van der Waals surface area contributed by atoms with Gasteiger partial charge in [-0.3, -0.25) is 9.59 Å². The van der Waals surface area contributed by atoms with Gasteiger partial charge in [0.05, 0.1) is 18.4 Å². The summed E-state index contributed by atoms with van der Waals surface area (Å²) in [5, 5.41) is 27.7.